The zero-order valence-electron chi connectivity index (χ0n) is 9.38. The van der Waals surface area contributed by atoms with Crippen LogP contribution in [-0.2, 0) is 0 Å². The number of carbonyl (C=O) groups is 1. The average molecular weight is 262 g/mol. The van der Waals surface area contributed by atoms with Gasteiger partial charge >= 0.3 is 0 Å². The molecular weight excluding hydrogens is 249 g/mol. The van der Waals surface area contributed by atoms with Gasteiger partial charge in [0, 0.05) is 19.2 Å². The first-order valence-electron chi connectivity index (χ1n) is 4.79. The quantitative estimate of drug-likeness (QED) is 0.837. The molecule has 3 nitrogen and oxygen atoms in total. The van der Waals surface area contributed by atoms with Crippen molar-refractivity contribution >= 4 is 29.1 Å². The third-order valence-corrected chi connectivity index (χ3v) is 2.83. The van der Waals surface area contributed by atoms with Gasteiger partial charge in [-0.15, -0.1) is 0 Å². The maximum atomic E-state index is 11.8. The van der Waals surface area contributed by atoms with E-state index >= 15 is 0 Å². The van der Waals surface area contributed by atoms with Gasteiger partial charge in [-0.2, -0.15) is 0 Å². The molecule has 0 aliphatic heterocycles. The second kappa shape index (κ2) is 5.41. The van der Waals surface area contributed by atoms with E-state index in [1.807, 2.05) is 6.92 Å². The molecule has 0 radical (unpaired) electrons. The van der Waals surface area contributed by atoms with E-state index in [4.69, 9.17) is 27.9 Å². The molecule has 0 unspecified atom stereocenters. The van der Waals surface area contributed by atoms with Crippen LogP contribution in [0.1, 0.15) is 17.3 Å². The van der Waals surface area contributed by atoms with E-state index in [1.54, 1.807) is 24.1 Å². The van der Waals surface area contributed by atoms with Gasteiger partial charge in [-0.3, -0.25) is 4.79 Å². The molecule has 88 valence electrons. The summed E-state index contributed by atoms with van der Waals surface area (Å²) >= 11 is 11.9. The van der Waals surface area contributed by atoms with E-state index in [9.17, 15) is 4.79 Å². The SMILES string of the molecule is CCN(C)C(=O)c1cc(Cl)c(OC)c(Cl)c1. The lowest BCUT2D eigenvalue weighted by Gasteiger charge is -2.15. The zero-order chi connectivity index (χ0) is 12.3. The fourth-order valence-corrected chi connectivity index (χ4v) is 1.88. The Morgan fingerprint density at radius 3 is 2.25 bits per heavy atom. The molecular formula is C11H13Cl2NO2. The highest BCUT2D eigenvalue weighted by atomic mass is 35.5. The van der Waals surface area contributed by atoms with Crippen molar-refractivity contribution in [3.05, 3.63) is 27.7 Å². The van der Waals surface area contributed by atoms with E-state index in [2.05, 4.69) is 0 Å². The smallest absolute Gasteiger partial charge is 0.253 e. The maximum Gasteiger partial charge on any atom is 0.253 e. The first kappa shape index (κ1) is 13.1. The molecule has 1 rings (SSSR count). The number of nitrogens with zero attached hydrogens (tertiary/aromatic N) is 1. The molecule has 1 aromatic rings. The number of hydrogen-bond acceptors (Lipinski definition) is 2. The van der Waals surface area contributed by atoms with Crippen molar-refractivity contribution in [2.75, 3.05) is 20.7 Å². The summed E-state index contributed by atoms with van der Waals surface area (Å²) in [5.74, 6) is 0.271. The Morgan fingerprint density at radius 1 is 1.38 bits per heavy atom. The van der Waals surface area contributed by atoms with Crippen molar-refractivity contribution in [1.82, 2.24) is 4.90 Å². The average Bonchev–Trinajstić information content (AvgIpc) is 2.26. The number of hydrogen-bond donors (Lipinski definition) is 0. The van der Waals surface area contributed by atoms with Gasteiger partial charge in [-0.25, -0.2) is 0 Å². The van der Waals surface area contributed by atoms with Gasteiger partial charge in [0.1, 0.15) is 0 Å². The van der Waals surface area contributed by atoms with Crippen molar-refractivity contribution < 1.29 is 9.53 Å². The first-order valence-corrected chi connectivity index (χ1v) is 5.55. The lowest BCUT2D eigenvalue weighted by atomic mass is 10.2. The molecule has 16 heavy (non-hydrogen) atoms. The van der Waals surface area contributed by atoms with Crippen molar-refractivity contribution in [2.24, 2.45) is 0 Å². The Bertz CT molecular complexity index is 384. The molecule has 0 heterocycles. The molecule has 0 fully saturated rings. The van der Waals surface area contributed by atoms with Gasteiger partial charge in [0.05, 0.1) is 17.2 Å². The third kappa shape index (κ3) is 2.60. The molecule has 0 atom stereocenters. The summed E-state index contributed by atoms with van der Waals surface area (Å²) in [6.07, 6.45) is 0. The topological polar surface area (TPSA) is 29.5 Å². The number of amides is 1. The van der Waals surface area contributed by atoms with Crippen LogP contribution in [0.5, 0.6) is 5.75 Å². The molecule has 0 N–H and O–H groups in total. The van der Waals surface area contributed by atoms with Gasteiger partial charge in [0.25, 0.3) is 5.91 Å². The molecule has 0 spiro atoms. The van der Waals surface area contributed by atoms with Gasteiger partial charge in [-0.05, 0) is 19.1 Å². The minimum absolute atomic E-state index is 0.117. The van der Waals surface area contributed by atoms with Crippen molar-refractivity contribution in [3.63, 3.8) is 0 Å². The van der Waals surface area contributed by atoms with Crippen LogP contribution in [-0.4, -0.2) is 31.5 Å². The van der Waals surface area contributed by atoms with Crippen molar-refractivity contribution in [3.8, 4) is 5.75 Å². The van der Waals surface area contributed by atoms with E-state index in [0.717, 1.165) is 0 Å². The van der Waals surface area contributed by atoms with Crippen LogP contribution in [0.2, 0.25) is 10.0 Å². The summed E-state index contributed by atoms with van der Waals surface area (Å²) in [6.45, 7) is 2.52. The fraction of sp³-hybridized carbons (Fsp3) is 0.364. The van der Waals surface area contributed by atoms with E-state index in [1.165, 1.54) is 7.11 Å². The highest BCUT2D eigenvalue weighted by Gasteiger charge is 2.15. The minimum atomic E-state index is -0.117. The lowest BCUT2D eigenvalue weighted by Crippen LogP contribution is -2.26. The molecule has 5 heteroatoms. The van der Waals surface area contributed by atoms with Gasteiger partial charge in [0.15, 0.2) is 5.75 Å². The van der Waals surface area contributed by atoms with E-state index < -0.39 is 0 Å². The number of ether oxygens (including phenoxy) is 1. The summed E-state index contributed by atoms with van der Waals surface area (Å²) in [7, 11) is 3.20. The van der Waals surface area contributed by atoms with Crippen LogP contribution in [0.4, 0.5) is 0 Å². The number of methoxy groups -OCH3 is 1. The molecule has 0 aromatic heterocycles. The Morgan fingerprint density at radius 2 is 1.88 bits per heavy atom. The summed E-state index contributed by atoms with van der Waals surface area (Å²) < 4.78 is 5.01. The second-order valence-electron chi connectivity index (χ2n) is 3.29. The van der Waals surface area contributed by atoms with Gasteiger partial charge in [-0.1, -0.05) is 23.2 Å². The Hall–Kier alpha value is -0.930. The number of benzene rings is 1. The predicted octanol–water partition coefficient (Wildman–Crippen LogP) is 3.09. The third-order valence-electron chi connectivity index (χ3n) is 2.27. The van der Waals surface area contributed by atoms with Crippen LogP contribution in [0.25, 0.3) is 0 Å². The highest BCUT2D eigenvalue weighted by Crippen LogP contribution is 2.34. The number of carbonyl (C=O) groups excluding carboxylic acids is 1. The monoisotopic (exact) mass is 261 g/mol. The van der Waals surface area contributed by atoms with Crippen LogP contribution in [0, 0.1) is 0 Å². The highest BCUT2D eigenvalue weighted by molar-refractivity contribution is 6.37. The molecule has 0 saturated carbocycles. The van der Waals surface area contributed by atoms with Gasteiger partial charge < -0.3 is 9.64 Å². The number of rotatable bonds is 3. The zero-order valence-corrected chi connectivity index (χ0v) is 10.9. The molecule has 0 aliphatic rings. The summed E-state index contributed by atoms with van der Waals surface area (Å²) in [5.41, 5.74) is 0.458. The molecule has 0 bridgehead atoms. The maximum absolute atomic E-state index is 11.8. The van der Waals surface area contributed by atoms with Crippen LogP contribution >= 0.6 is 23.2 Å². The molecule has 1 amide bonds. The Labute approximate surface area is 105 Å². The minimum Gasteiger partial charge on any atom is -0.494 e. The lowest BCUT2D eigenvalue weighted by molar-refractivity contribution is 0.0802. The normalized spacial score (nSPS) is 10.1. The molecule has 0 saturated heterocycles. The standard InChI is InChI=1S/C11H13Cl2NO2/c1-4-14(2)11(15)7-5-8(12)10(16-3)9(13)6-7/h5-6H,4H2,1-3H3. The van der Waals surface area contributed by atoms with Crippen LogP contribution < -0.4 is 4.74 Å². The summed E-state index contributed by atoms with van der Waals surface area (Å²) in [4.78, 5) is 13.4. The summed E-state index contributed by atoms with van der Waals surface area (Å²) in [6, 6.07) is 3.11. The van der Waals surface area contributed by atoms with Crippen molar-refractivity contribution in [1.29, 1.82) is 0 Å². The summed E-state index contributed by atoms with van der Waals surface area (Å²) in [5, 5.41) is 0.672. The first-order chi connectivity index (χ1) is 7.51. The molecule has 1 aromatic carbocycles. The largest absolute Gasteiger partial charge is 0.494 e. The Balaban J connectivity index is 3.13. The van der Waals surface area contributed by atoms with Crippen LogP contribution in [0.15, 0.2) is 12.1 Å². The number of halogens is 2. The predicted molar refractivity (Wildman–Crippen MR) is 65.6 cm³/mol. The van der Waals surface area contributed by atoms with Crippen molar-refractivity contribution in [2.45, 2.75) is 6.92 Å². The Kier molecular flexibility index (Phi) is 4.44. The second-order valence-corrected chi connectivity index (χ2v) is 4.11. The fourth-order valence-electron chi connectivity index (χ4n) is 1.24. The van der Waals surface area contributed by atoms with E-state index in [-0.39, 0.29) is 5.91 Å². The van der Waals surface area contributed by atoms with Gasteiger partial charge in [0.2, 0.25) is 0 Å². The van der Waals surface area contributed by atoms with Crippen LogP contribution in [0.3, 0.4) is 0 Å². The van der Waals surface area contributed by atoms with E-state index in [0.29, 0.717) is 27.9 Å². The molecule has 0 aliphatic carbocycles.